The van der Waals surface area contributed by atoms with Crippen LogP contribution >= 0.6 is 0 Å². The molecular formula is C17H26N2O2. The molecule has 0 aromatic carbocycles. The van der Waals surface area contributed by atoms with Gasteiger partial charge in [-0.15, -0.1) is 0 Å². The van der Waals surface area contributed by atoms with Gasteiger partial charge in [0, 0.05) is 5.69 Å². The summed E-state index contributed by atoms with van der Waals surface area (Å²) < 4.78 is 0. The van der Waals surface area contributed by atoms with Crippen molar-refractivity contribution < 1.29 is 10.3 Å². The van der Waals surface area contributed by atoms with Crippen molar-refractivity contribution in [2.45, 2.75) is 46.1 Å². The van der Waals surface area contributed by atoms with Crippen molar-refractivity contribution in [3.63, 3.8) is 0 Å². The summed E-state index contributed by atoms with van der Waals surface area (Å²) in [6.07, 6.45) is 4.14. The Morgan fingerprint density at radius 1 is 1.43 bits per heavy atom. The molecule has 0 fully saturated rings. The molecule has 21 heavy (non-hydrogen) atoms. The van der Waals surface area contributed by atoms with Crippen LogP contribution in [0.3, 0.4) is 0 Å². The van der Waals surface area contributed by atoms with Crippen LogP contribution in [0.15, 0.2) is 42.0 Å². The Morgan fingerprint density at radius 3 is 2.71 bits per heavy atom. The monoisotopic (exact) mass is 290 g/mol. The lowest BCUT2D eigenvalue weighted by molar-refractivity contribution is 0.220. The van der Waals surface area contributed by atoms with Gasteiger partial charge in [-0.2, -0.15) is 0 Å². The van der Waals surface area contributed by atoms with Crippen molar-refractivity contribution in [2.75, 3.05) is 11.7 Å². The number of hydroxylamine groups is 1. The number of aryl methyl sites for hydroxylation is 1. The van der Waals surface area contributed by atoms with E-state index < -0.39 is 0 Å². The fourth-order valence-corrected chi connectivity index (χ4v) is 2.15. The SMILES string of the molecule is C=C(C)C(CC/C(C)=C/CO)N(O)c1cccc(CC)n1. The number of nitrogens with zero attached hydrogens (tertiary/aromatic N) is 2. The zero-order chi connectivity index (χ0) is 15.8. The molecule has 0 saturated carbocycles. The molecule has 4 nitrogen and oxygen atoms in total. The van der Waals surface area contributed by atoms with Gasteiger partial charge < -0.3 is 5.11 Å². The van der Waals surface area contributed by atoms with Gasteiger partial charge in [-0.3, -0.25) is 5.21 Å². The van der Waals surface area contributed by atoms with E-state index in [1.807, 2.05) is 32.9 Å². The van der Waals surface area contributed by atoms with Crippen LogP contribution < -0.4 is 5.06 Å². The van der Waals surface area contributed by atoms with E-state index in [2.05, 4.69) is 11.6 Å². The molecule has 1 atom stereocenters. The third-order valence-electron chi connectivity index (χ3n) is 3.50. The van der Waals surface area contributed by atoms with Crippen LogP contribution in [0.5, 0.6) is 0 Å². The number of hydrogen-bond acceptors (Lipinski definition) is 4. The average Bonchev–Trinajstić information content (AvgIpc) is 2.47. The van der Waals surface area contributed by atoms with Gasteiger partial charge in [0.15, 0.2) is 5.82 Å². The Hall–Kier alpha value is -1.65. The summed E-state index contributed by atoms with van der Waals surface area (Å²) in [4.78, 5) is 4.44. The molecule has 2 N–H and O–H groups in total. The third-order valence-corrected chi connectivity index (χ3v) is 3.50. The smallest absolute Gasteiger partial charge is 0.153 e. The minimum atomic E-state index is -0.188. The number of aliphatic hydroxyl groups is 1. The van der Waals surface area contributed by atoms with Gasteiger partial charge >= 0.3 is 0 Å². The molecule has 4 heteroatoms. The molecule has 0 saturated heterocycles. The number of hydrogen-bond donors (Lipinski definition) is 2. The topological polar surface area (TPSA) is 56.6 Å². The highest BCUT2D eigenvalue weighted by Gasteiger charge is 2.19. The molecule has 1 rings (SSSR count). The Kier molecular flexibility index (Phi) is 7.12. The summed E-state index contributed by atoms with van der Waals surface area (Å²) in [6, 6.07) is 5.45. The predicted octanol–water partition coefficient (Wildman–Crippen LogP) is 3.50. The summed E-state index contributed by atoms with van der Waals surface area (Å²) in [5.74, 6) is 0.547. The highest BCUT2D eigenvalue weighted by molar-refractivity contribution is 5.39. The van der Waals surface area contributed by atoms with E-state index in [-0.39, 0.29) is 12.6 Å². The first kappa shape index (κ1) is 17.4. The Labute approximate surface area is 127 Å². The second kappa shape index (κ2) is 8.60. The normalized spacial score (nSPS) is 13.1. The minimum Gasteiger partial charge on any atom is -0.392 e. The largest absolute Gasteiger partial charge is 0.392 e. The molecule has 1 aromatic heterocycles. The van der Waals surface area contributed by atoms with Gasteiger partial charge in [0.25, 0.3) is 0 Å². The maximum absolute atomic E-state index is 10.5. The first-order chi connectivity index (χ1) is 9.99. The molecule has 0 spiro atoms. The third kappa shape index (κ3) is 5.33. The zero-order valence-corrected chi connectivity index (χ0v) is 13.2. The van der Waals surface area contributed by atoms with Crippen LogP contribution in [0.4, 0.5) is 5.82 Å². The Balaban J connectivity index is 2.84. The fraction of sp³-hybridized carbons (Fsp3) is 0.471. The van der Waals surface area contributed by atoms with E-state index in [0.29, 0.717) is 5.82 Å². The van der Waals surface area contributed by atoms with Crippen molar-refractivity contribution >= 4 is 5.82 Å². The maximum Gasteiger partial charge on any atom is 0.153 e. The average molecular weight is 290 g/mol. The number of anilines is 1. The van der Waals surface area contributed by atoms with Gasteiger partial charge in [-0.1, -0.05) is 36.8 Å². The molecule has 0 aliphatic carbocycles. The van der Waals surface area contributed by atoms with Crippen LogP contribution in [0.25, 0.3) is 0 Å². The van der Waals surface area contributed by atoms with E-state index in [1.54, 1.807) is 12.1 Å². The lowest BCUT2D eigenvalue weighted by Crippen LogP contribution is -2.33. The minimum absolute atomic E-state index is 0.0481. The Bertz CT molecular complexity index is 497. The molecule has 0 aliphatic rings. The lowest BCUT2D eigenvalue weighted by Gasteiger charge is -2.27. The fourth-order valence-electron chi connectivity index (χ4n) is 2.15. The Morgan fingerprint density at radius 2 is 2.14 bits per heavy atom. The maximum atomic E-state index is 10.5. The zero-order valence-electron chi connectivity index (χ0n) is 13.2. The van der Waals surface area contributed by atoms with Crippen molar-refractivity contribution in [2.24, 2.45) is 0 Å². The second-order valence-corrected chi connectivity index (χ2v) is 5.32. The quantitative estimate of drug-likeness (QED) is 0.568. The van der Waals surface area contributed by atoms with Gasteiger partial charge in [0.05, 0.1) is 12.6 Å². The molecule has 116 valence electrons. The first-order valence-corrected chi connectivity index (χ1v) is 7.35. The van der Waals surface area contributed by atoms with E-state index in [9.17, 15) is 5.21 Å². The standard InChI is InChI=1S/C17H26N2O2/c1-5-15-7-6-8-17(18-15)19(21)16(13(2)3)10-9-14(4)11-12-20/h6-8,11,16,20-21H,2,5,9-10,12H2,1,3-4H3/b14-11+. The van der Waals surface area contributed by atoms with Gasteiger partial charge in [0.2, 0.25) is 0 Å². The molecule has 1 aromatic rings. The number of aliphatic hydroxyl groups excluding tert-OH is 1. The van der Waals surface area contributed by atoms with E-state index >= 15 is 0 Å². The van der Waals surface area contributed by atoms with Gasteiger partial charge in [0.1, 0.15) is 0 Å². The first-order valence-electron chi connectivity index (χ1n) is 7.35. The van der Waals surface area contributed by atoms with Crippen LogP contribution in [0, 0.1) is 0 Å². The summed E-state index contributed by atoms with van der Waals surface area (Å²) >= 11 is 0. The van der Waals surface area contributed by atoms with Crippen LogP contribution in [-0.4, -0.2) is 27.9 Å². The molecule has 0 aliphatic heterocycles. The predicted molar refractivity (Wildman–Crippen MR) is 86.6 cm³/mol. The molecular weight excluding hydrogens is 264 g/mol. The van der Waals surface area contributed by atoms with Crippen LogP contribution in [0.1, 0.15) is 39.3 Å². The van der Waals surface area contributed by atoms with Crippen molar-refractivity contribution in [1.29, 1.82) is 0 Å². The number of pyridine rings is 1. The molecule has 0 amide bonds. The summed E-state index contributed by atoms with van der Waals surface area (Å²) in [6.45, 7) is 9.93. The van der Waals surface area contributed by atoms with E-state index in [4.69, 9.17) is 5.11 Å². The van der Waals surface area contributed by atoms with Crippen molar-refractivity contribution in [3.05, 3.63) is 47.7 Å². The molecule has 0 bridgehead atoms. The highest BCUT2D eigenvalue weighted by atomic mass is 16.5. The molecule has 1 unspecified atom stereocenters. The highest BCUT2D eigenvalue weighted by Crippen LogP contribution is 2.21. The molecule has 0 radical (unpaired) electrons. The van der Waals surface area contributed by atoms with Gasteiger partial charge in [-0.25, -0.2) is 10.0 Å². The number of aromatic nitrogens is 1. The van der Waals surface area contributed by atoms with Crippen molar-refractivity contribution in [1.82, 2.24) is 4.98 Å². The van der Waals surface area contributed by atoms with Gasteiger partial charge in [-0.05, 0) is 45.2 Å². The van der Waals surface area contributed by atoms with Crippen molar-refractivity contribution in [3.8, 4) is 0 Å². The second-order valence-electron chi connectivity index (χ2n) is 5.32. The summed E-state index contributed by atoms with van der Waals surface area (Å²) in [5, 5.41) is 20.5. The lowest BCUT2D eigenvalue weighted by atomic mass is 10.0. The summed E-state index contributed by atoms with van der Waals surface area (Å²) in [7, 11) is 0. The number of rotatable bonds is 8. The van der Waals surface area contributed by atoms with Crippen LogP contribution in [0.2, 0.25) is 0 Å². The summed E-state index contributed by atoms with van der Waals surface area (Å²) in [5.41, 5.74) is 2.94. The van der Waals surface area contributed by atoms with Crippen LogP contribution in [-0.2, 0) is 6.42 Å². The van der Waals surface area contributed by atoms with E-state index in [0.717, 1.165) is 36.1 Å². The molecule has 1 heterocycles. The number of allylic oxidation sites excluding steroid dienone is 1. The van der Waals surface area contributed by atoms with E-state index in [1.165, 1.54) is 5.06 Å².